The number of nitrogens with one attached hydrogen (secondary N) is 1. The van der Waals surface area contributed by atoms with Gasteiger partial charge < -0.3 is 15.5 Å². The number of carbonyl (C=O) groups excluding carboxylic acids is 1. The van der Waals surface area contributed by atoms with E-state index in [-0.39, 0.29) is 11.9 Å². The molecule has 1 amide bonds. The summed E-state index contributed by atoms with van der Waals surface area (Å²) in [4.78, 5) is 15.9. The molecule has 1 aromatic heterocycles. The molecule has 0 aliphatic carbocycles. The first kappa shape index (κ1) is 16.2. The molecule has 118 valence electrons. The Kier molecular flexibility index (Phi) is 5.72. The molecule has 3 N–H and O–H groups in total. The van der Waals surface area contributed by atoms with E-state index in [0.717, 1.165) is 17.7 Å². The van der Waals surface area contributed by atoms with Crippen molar-refractivity contribution in [3.63, 3.8) is 0 Å². The highest BCUT2D eigenvalue weighted by molar-refractivity contribution is 5.76. The molecule has 5 nitrogen and oxygen atoms in total. The molecule has 0 saturated carbocycles. The van der Waals surface area contributed by atoms with Crippen LogP contribution in [0.25, 0.3) is 11.3 Å². The zero-order valence-corrected chi connectivity index (χ0v) is 13.1. The van der Waals surface area contributed by atoms with Crippen molar-refractivity contribution in [1.29, 1.82) is 0 Å². The van der Waals surface area contributed by atoms with Crippen molar-refractivity contribution in [2.45, 2.75) is 39.2 Å². The van der Waals surface area contributed by atoms with Gasteiger partial charge in [-0.15, -0.1) is 0 Å². The summed E-state index contributed by atoms with van der Waals surface area (Å²) < 4.78 is 5.69. The number of benzene rings is 1. The molecule has 2 rings (SSSR count). The molecule has 1 unspecified atom stereocenters. The molecular formula is C17H23N3O2. The number of hydrogen-bond donors (Lipinski definition) is 2. The summed E-state index contributed by atoms with van der Waals surface area (Å²) in [7, 11) is 0. The molecule has 5 heteroatoms. The molecule has 1 aromatic carbocycles. The number of nitrogens with two attached hydrogens (primary N) is 1. The summed E-state index contributed by atoms with van der Waals surface area (Å²) in [5.74, 6) is 1.31. The number of nitrogens with zero attached hydrogens (tertiary/aromatic N) is 1. The van der Waals surface area contributed by atoms with Crippen molar-refractivity contribution in [1.82, 2.24) is 10.3 Å². The molecule has 0 radical (unpaired) electrons. The summed E-state index contributed by atoms with van der Waals surface area (Å²) in [6.45, 7) is 4.57. The van der Waals surface area contributed by atoms with Gasteiger partial charge in [0.1, 0.15) is 0 Å². The van der Waals surface area contributed by atoms with Crippen LogP contribution < -0.4 is 11.1 Å². The maximum absolute atomic E-state index is 11.7. The minimum Gasteiger partial charge on any atom is -0.441 e. The number of hydrogen-bond acceptors (Lipinski definition) is 4. The van der Waals surface area contributed by atoms with Crippen LogP contribution >= 0.6 is 0 Å². The van der Waals surface area contributed by atoms with Crippen molar-refractivity contribution < 1.29 is 9.21 Å². The third-order valence-electron chi connectivity index (χ3n) is 3.38. The fourth-order valence-electron chi connectivity index (χ4n) is 2.03. The summed E-state index contributed by atoms with van der Waals surface area (Å²) in [6, 6.07) is 8.16. The molecule has 22 heavy (non-hydrogen) atoms. The van der Waals surface area contributed by atoms with Gasteiger partial charge in [-0.3, -0.25) is 4.79 Å². The van der Waals surface area contributed by atoms with Gasteiger partial charge in [-0.25, -0.2) is 4.98 Å². The second kappa shape index (κ2) is 7.75. The second-order valence-electron chi connectivity index (χ2n) is 5.60. The summed E-state index contributed by atoms with van der Waals surface area (Å²) in [5.41, 5.74) is 7.83. The molecule has 0 spiro atoms. The standard InChI is InChI=1S/C17H23N3O2/c1-12-3-5-14(6-4-12)15-11-20-17(22-15)8-7-16(21)19-10-9-13(2)18/h3-6,11,13H,7-10,18H2,1-2H3,(H,19,21). The molecule has 0 aliphatic rings. The van der Waals surface area contributed by atoms with Crippen molar-refractivity contribution in [3.8, 4) is 11.3 Å². The Morgan fingerprint density at radius 2 is 2.09 bits per heavy atom. The van der Waals surface area contributed by atoms with Crippen molar-refractivity contribution in [3.05, 3.63) is 41.9 Å². The Bertz CT molecular complexity index is 603. The van der Waals surface area contributed by atoms with Gasteiger partial charge in [0.25, 0.3) is 0 Å². The predicted molar refractivity (Wildman–Crippen MR) is 86.3 cm³/mol. The van der Waals surface area contributed by atoms with Crippen LogP contribution in [-0.2, 0) is 11.2 Å². The van der Waals surface area contributed by atoms with E-state index in [0.29, 0.717) is 25.3 Å². The molecule has 0 saturated heterocycles. The Hall–Kier alpha value is -2.14. The van der Waals surface area contributed by atoms with Crippen LogP contribution in [0.3, 0.4) is 0 Å². The Labute approximate surface area is 130 Å². The zero-order valence-electron chi connectivity index (χ0n) is 13.1. The number of aromatic nitrogens is 1. The number of oxazole rings is 1. The average Bonchev–Trinajstić information content (AvgIpc) is 2.94. The van der Waals surface area contributed by atoms with Gasteiger partial charge in [-0.05, 0) is 20.3 Å². The van der Waals surface area contributed by atoms with E-state index >= 15 is 0 Å². The average molecular weight is 301 g/mol. The van der Waals surface area contributed by atoms with Crippen LogP contribution in [0.4, 0.5) is 0 Å². The van der Waals surface area contributed by atoms with Crippen molar-refractivity contribution in [2.75, 3.05) is 6.54 Å². The summed E-state index contributed by atoms with van der Waals surface area (Å²) in [5, 5.41) is 2.84. The molecule has 2 aromatic rings. The molecule has 1 atom stereocenters. The van der Waals surface area contributed by atoms with E-state index in [4.69, 9.17) is 10.2 Å². The maximum Gasteiger partial charge on any atom is 0.220 e. The smallest absolute Gasteiger partial charge is 0.220 e. The van der Waals surface area contributed by atoms with Crippen molar-refractivity contribution >= 4 is 5.91 Å². The van der Waals surface area contributed by atoms with E-state index in [1.807, 2.05) is 38.1 Å². The molecule has 1 heterocycles. The van der Waals surface area contributed by atoms with E-state index in [2.05, 4.69) is 10.3 Å². The first-order valence-corrected chi connectivity index (χ1v) is 7.58. The van der Waals surface area contributed by atoms with Crippen LogP contribution in [-0.4, -0.2) is 23.5 Å². The number of rotatable bonds is 7. The molecule has 0 bridgehead atoms. The summed E-state index contributed by atoms with van der Waals surface area (Å²) >= 11 is 0. The SMILES string of the molecule is Cc1ccc(-c2cnc(CCC(=O)NCCC(C)N)o2)cc1. The maximum atomic E-state index is 11.7. The Morgan fingerprint density at radius 1 is 1.36 bits per heavy atom. The fourth-order valence-corrected chi connectivity index (χ4v) is 2.03. The van der Waals surface area contributed by atoms with Crippen LogP contribution in [0, 0.1) is 6.92 Å². The highest BCUT2D eigenvalue weighted by Crippen LogP contribution is 2.21. The first-order valence-electron chi connectivity index (χ1n) is 7.58. The number of aryl methyl sites for hydroxylation is 2. The van der Waals surface area contributed by atoms with Crippen molar-refractivity contribution in [2.24, 2.45) is 5.73 Å². The predicted octanol–water partition coefficient (Wildman–Crippen LogP) is 2.44. The summed E-state index contributed by atoms with van der Waals surface area (Å²) in [6.07, 6.45) is 3.35. The monoisotopic (exact) mass is 301 g/mol. The first-order chi connectivity index (χ1) is 10.5. The van der Waals surface area contributed by atoms with Crippen LogP contribution in [0.15, 0.2) is 34.9 Å². The van der Waals surface area contributed by atoms with Crippen LogP contribution in [0.2, 0.25) is 0 Å². The van der Waals surface area contributed by atoms with E-state index in [1.165, 1.54) is 5.56 Å². The number of amides is 1. The second-order valence-corrected chi connectivity index (χ2v) is 5.60. The highest BCUT2D eigenvalue weighted by atomic mass is 16.4. The fraction of sp³-hybridized carbons (Fsp3) is 0.412. The number of carbonyl (C=O) groups is 1. The van der Waals surface area contributed by atoms with Gasteiger partial charge in [-0.1, -0.05) is 29.8 Å². The Morgan fingerprint density at radius 3 is 2.77 bits per heavy atom. The van der Waals surface area contributed by atoms with E-state index in [9.17, 15) is 4.79 Å². The Balaban J connectivity index is 1.82. The van der Waals surface area contributed by atoms with Gasteiger partial charge in [-0.2, -0.15) is 0 Å². The zero-order chi connectivity index (χ0) is 15.9. The lowest BCUT2D eigenvalue weighted by Gasteiger charge is -2.06. The van der Waals surface area contributed by atoms with Crippen LogP contribution in [0.5, 0.6) is 0 Å². The van der Waals surface area contributed by atoms with Gasteiger partial charge in [0, 0.05) is 31.0 Å². The molecule has 0 aliphatic heterocycles. The molecular weight excluding hydrogens is 278 g/mol. The van der Waals surface area contributed by atoms with E-state index < -0.39 is 0 Å². The largest absolute Gasteiger partial charge is 0.441 e. The normalized spacial score (nSPS) is 12.1. The van der Waals surface area contributed by atoms with Gasteiger partial charge in [0.15, 0.2) is 11.7 Å². The third kappa shape index (κ3) is 5.00. The lowest BCUT2D eigenvalue weighted by molar-refractivity contribution is -0.121. The quantitative estimate of drug-likeness (QED) is 0.823. The third-order valence-corrected chi connectivity index (χ3v) is 3.38. The lowest BCUT2D eigenvalue weighted by Crippen LogP contribution is -2.29. The highest BCUT2D eigenvalue weighted by Gasteiger charge is 2.09. The topological polar surface area (TPSA) is 81.2 Å². The minimum absolute atomic E-state index is 0.00395. The lowest BCUT2D eigenvalue weighted by atomic mass is 10.1. The van der Waals surface area contributed by atoms with Crippen LogP contribution in [0.1, 0.15) is 31.2 Å². The minimum atomic E-state index is -0.00395. The van der Waals surface area contributed by atoms with Gasteiger partial charge >= 0.3 is 0 Å². The molecule has 0 fully saturated rings. The van der Waals surface area contributed by atoms with Gasteiger partial charge in [0.2, 0.25) is 5.91 Å². The van der Waals surface area contributed by atoms with Gasteiger partial charge in [0.05, 0.1) is 6.20 Å². The van der Waals surface area contributed by atoms with E-state index in [1.54, 1.807) is 6.20 Å².